The van der Waals surface area contributed by atoms with Crippen LogP contribution in [0.15, 0.2) is 60.7 Å². The number of nitrogens with one attached hydrogen (secondary N) is 1. The summed E-state index contributed by atoms with van der Waals surface area (Å²) in [6, 6.07) is 17.7. The Morgan fingerprint density at radius 1 is 1.16 bits per heavy atom. The lowest BCUT2D eigenvalue weighted by Crippen LogP contribution is -2.29. The van der Waals surface area contributed by atoms with E-state index < -0.39 is 12.0 Å². The minimum Gasteiger partial charge on any atom is -0.469 e. The molecule has 1 N–H and O–H groups in total. The minimum atomic E-state index is -0.466. The molecule has 0 heterocycles. The summed E-state index contributed by atoms with van der Waals surface area (Å²) in [7, 11) is 1.32. The fraction of sp³-hybridized carbons (Fsp3) is 0.150. The molecular weight excluding hydrogens is 316 g/mol. The third kappa shape index (κ3) is 5.63. The zero-order chi connectivity index (χ0) is 18.1. The first kappa shape index (κ1) is 18.0. The summed E-state index contributed by atoms with van der Waals surface area (Å²) in [4.78, 5) is 23.8. The van der Waals surface area contributed by atoms with Gasteiger partial charge in [0.05, 0.1) is 31.2 Å². The van der Waals surface area contributed by atoms with Crippen LogP contribution in [-0.4, -0.2) is 19.0 Å². The number of hydrogen-bond donors (Lipinski definition) is 1. The summed E-state index contributed by atoms with van der Waals surface area (Å²) < 4.78 is 4.70. The number of benzene rings is 2. The lowest BCUT2D eigenvalue weighted by molar-refractivity contribution is -0.141. The van der Waals surface area contributed by atoms with Crippen LogP contribution in [0.25, 0.3) is 6.08 Å². The number of amides is 1. The zero-order valence-electron chi connectivity index (χ0n) is 13.8. The van der Waals surface area contributed by atoms with Crippen LogP contribution in [0.3, 0.4) is 0 Å². The molecule has 2 rings (SSSR count). The number of nitriles is 1. The van der Waals surface area contributed by atoms with Crippen molar-refractivity contribution in [1.82, 2.24) is 5.32 Å². The average molecular weight is 334 g/mol. The molecule has 0 unspecified atom stereocenters. The van der Waals surface area contributed by atoms with Gasteiger partial charge in [-0.3, -0.25) is 9.59 Å². The van der Waals surface area contributed by atoms with Crippen molar-refractivity contribution in [3.63, 3.8) is 0 Å². The number of nitrogens with zero attached hydrogens (tertiary/aromatic N) is 1. The fourth-order valence-electron chi connectivity index (χ4n) is 2.25. The normalized spacial score (nSPS) is 11.5. The van der Waals surface area contributed by atoms with Gasteiger partial charge in [-0.1, -0.05) is 42.5 Å². The second-order valence-corrected chi connectivity index (χ2v) is 5.32. The van der Waals surface area contributed by atoms with Gasteiger partial charge in [0.25, 0.3) is 0 Å². The van der Waals surface area contributed by atoms with E-state index >= 15 is 0 Å². The van der Waals surface area contributed by atoms with Crippen molar-refractivity contribution >= 4 is 18.0 Å². The lowest BCUT2D eigenvalue weighted by atomic mass is 10.0. The molecular formula is C20H18N2O3. The minimum absolute atomic E-state index is 0.0525. The van der Waals surface area contributed by atoms with Crippen LogP contribution in [0, 0.1) is 11.3 Å². The molecule has 126 valence electrons. The number of ether oxygens (including phenoxy) is 1. The molecule has 0 radical (unpaired) electrons. The molecule has 0 aromatic heterocycles. The standard InChI is InChI=1S/C20H18N2O3/c1-25-20(24)13-18(17-5-3-2-4-6-17)22-19(23)12-11-15-7-9-16(14-21)10-8-15/h2-12,18H,13H2,1H3,(H,22,23)/b12-11+/t18-/m0/s1. The smallest absolute Gasteiger partial charge is 0.307 e. The van der Waals surface area contributed by atoms with Crippen molar-refractivity contribution in [3.8, 4) is 6.07 Å². The van der Waals surface area contributed by atoms with E-state index in [1.807, 2.05) is 36.4 Å². The van der Waals surface area contributed by atoms with Crippen molar-refractivity contribution in [2.45, 2.75) is 12.5 Å². The average Bonchev–Trinajstić information content (AvgIpc) is 2.66. The number of esters is 1. The van der Waals surface area contributed by atoms with Gasteiger partial charge in [-0.05, 0) is 29.3 Å². The number of carbonyl (C=O) groups is 2. The van der Waals surface area contributed by atoms with Crippen molar-refractivity contribution in [2.24, 2.45) is 0 Å². The maximum Gasteiger partial charge on any atom is 0.307 e. The summed E-state index contributed by atoms with van der Waals surface area (Å²) in [6.07, 6.45) is 3.10. The molecule has 0 aliphatic carbocycles. The Hall–Kier alpha value is -3.39. The predicted molar refractivity (Wildman–Crippen MR) is 94.1 cm³/mol. The molecule has 0 spiro atoms. The molecule has 5 heteroatoms. The van der Waals surface area contributed by atoms with E-state index in [2.05, 4.69) is 5.32 Å². The van der Waals surface area contributed by atoms with Crippen LogP contribution in [0.1, 0.15) is 29.2 Å². The van der Waals surface area contributed by atoms with Crippen LogP contribution in [0.4, 0.5) is 0 Å². The van der Waals surface area contributed by atoms with Gasteiger partial charge in [0.15, 0.2) is 0 Å². The summed E-state index contributed by atoms with van der Waals surface area (Å²) in [6.45, 7) is 0. The second-order valence-electron chi connectivity index (χ2n) is 5.32. The largest absolute Gasteiger partial charge is 0.469 e. The Labute approximate surface area is 146 Å². The third-order valence-electron chi connectivity index (χ3n) is 3.58. The molecule has 0 bridgehead atoms. The highest BCUT2D eigenvalue weighted by Gasteiger charge is 2.17. The highest BCUT2D eigenvalue weighted by Crippen LogP contribution is 2.17. The summed E-state index contributed by atoms with van der Waals surface area (Å²) in [5.41, 5.74) is 2.19. The highest BCUT2D eigenvalue weighted by atomic mass is 16.5. The summed E-state index contributed by atoms with van der Waals surface area (Å²) in [5, 5.41) is 11.6. The first-order chi connectivity index (χ1) is 12.1. The molecule has 0 aliphatic heterocycles. The van der Waals surface area contributed by atoms with Gasteiger partial charge in [-0.2, -0.15) is 5.26 Å². The number of hydrogen-bond acceptors (Lipinski definition) is 4. The molecule has 2 aromatic carbocycles. The molecule has 2 aromatic rings. The maximum atomic E-state index is 12.2. The van der Waals surface area contributed by atoms with Crippen molar-refractivity contribution in [2.75, 3.05) is 7.11 Å². The zero-order valence-corrected chi connectivity index (χ0v) is 13.8. The Kier molecular flexibility index (Phi) is 6.49. The summed E-state index contributed by atoms with van der Waals surface area (Å²) in [5.74, 6) is -0.715. The Bertz CT molecular complexity index is 790. The Morgan fingerprint density at radius 2 is 1.84 bits per heavy atom. The van der Waals surface area contributed by atoms with Gasteiger partial charge in [0.1, 0.15) is 0 Å². The van der Waals surface area contributed by atoms with Crippen LogP contribution in [0.5, 0.6) is 0 Å². The highest BCUT2D eigenvalue weighted by molar-refractivity contribution is 5.92. The summed E-state index contributed by atoms with van der Waals surface area (Å²) >= 11 is 0. The maximum absolute atomic E-state index is 12.2. The van der Waals surface area contributed by atoms with E-state index in [9.17, 15) is 9.59 Å². The van der Waals surface area contributed by atoms with E-state index in [-0.39, 0.29) is 12.3 Å². The molecule has 0 aliphatic rings. The molecule has 0 saturated heterocycles. The fourth-order valence-corrected chi connectivity index (χ4v) is 2.25. The van der Waals surface area contributed by atoms with E-state index in [1.165, 1.54) is 13.2 Å². The molecule has 5 nitrogen and oxygen atoms in total. The quantitative estimate of drug-likeness (QED) is 0.650. The number of rotatable bonds is 6. The molecule has 0 fully saturated rings. The first-order valence-electron chi connectivity index (χ1n) is 7.73. The molecule has 25 heavy (non-hydrogen) atoms. The number of methoxy groups -OCH3 is 1. The van der Waals surface area contributed by atoms with Gasteiger partial charge in [-0.25, -0.2) is 0 Å². The second kappa shape index (κ2) is 9.04. The van der Waals surface area contributed by atoms with E-state index in [1.54, 1.807) is 30.3 Å². The lowest BCUT2D eigenvalue weighted by Gasteiger charge is -2.17. The molecule has 1 amide bonds. The van der Waals surface area contributed by atoms with Crippen LogP contribution < -0.4 is 5.32 Å². The molecule has 1 atom stereocenters. The number of carbonyl (C=O) groups excluding carboxylic acids is 2. The van der Waals surface area contributed by atoms with E-state index in [0.717, 1.165) is 11.1 Å². The topological polar surface area (TPSA) is 79.2 Å². The Balaban J connectivity index is 2.06. The predicted octanol–water partition coefficient (Wildman–Crippen LogP) is 2.99. The van der Waals surface area contributed by atoms with Gasteiger partial charge in [0, 0.05) is 6.08 Å². The van der Waals surface area contributed by atoms with Crippen LogP contribution >= 0.6 is 0 Å². The van der Waals surface area contributed by atoms with Crippen molar-refractivity contribution in [3.05, 3.63) is 77.4 Å². The Morgan fingerprint density at radius 3 is 2.44 bits per heavy atom. The monoisotopic (exact) mass is 334 g/mol. The third-order valence-corrected chi connectivity index (χ3v) is 3.58. The van der Waals surface area contributed by atoms with Gasteiger partial charge >= 0.3 is 5.97 Å². The molecule has 0 saturated carbocycles. The van der Waals surface area contributed by atoms with Gasteiger partial charge < -0.3 is 10.1 Å². The SMILES string of the molecule is COC(=O)C[C@H](NC(=O)/C=C/c1ccc(C#N)cc1)c1ccccc1. The van der Waals surface area contributed by atoms with Crippen molar-refractivity contribution < 1.29 is 14.3 Å². The van der Waals surface area contributed by atoms with Gasteiger partial charge in [-0.15, -0.1) is 0 Å². The van der Waals surface area contributed by atoms with Crippen molar-refractivity contribution in [1.29, 1.82) is 5.26 Å². The van der Waals surface area contributed by atoms with Crippen LogP contribution in [0.2, 0.25) is 0 Å². The van der Waals surface area contributed by atoms with Gasteiger partial charge in [0.2, 0.25) is 5.91 Å². The van der Waals surface area contributed by atoms with E-state index in [0.29, 0.717) is 5.56 Å². The first-order valence-corrected chi connectivity index (χ1v) is 7.73. The van der Waals surface area contributed by atoms with Crippen LogP contribution in [-0.2, 0) is 14.3 Å². The van der Waals surface area contributed by atoms with E-state index in [4.69, 9.17) is 10.00 Å².